The van der Waals surface area contributed by atoms with Gasteiger partial charge >= 0.3 is 0 Å². The van der Waals surface area contributed by atoms with E-state index in [0.29, 0.717) is 18.1 Å². The van der Waals surface area contributed by atoms with Gasteiger partial charge in [0.25, 0.3) is 0 Å². The lowest BCUT2D eigenvalue weighted by atomic mass is 9.98. The Balaban J connectivity index is 2.65. The second-order valence-corrected chi connectivity index (χ2v) is 6.31. The SMILES string of the molecule is CCS(=O)CCNC(=O)C(C(N)=S)c1ccccc1. The quantitative estimate of drug-likeness (QED) is 0.735. The Hall–Kier alpha value is -1.27. The molecule has 19 heavy (non-hydrogen) atoms. The zero-order valence-corrected chi connectivity index (χ0v) is 12.4. The highest BCUT2D eigenvalue weighted by Crippen LogP contribution is 2.15. The van der Waals surface area contributed by atoms with Gasteiger partial charge in [-0.2, -0.15) is 0 Å². The van der Waals surface area contributed by atoms with Crippen molar-refractivity contribution in [2.45, 2.75) is 12.8 Å². The average molecular weight is 298 g/mol. The predicted molar refractivity (Wildman–Crippen MR) is 82.5 cm³/mol. The van der Waals surface area contributed by atoms with E-state index in [2.05, 4.69) is 5.32 Å². The van der Waals surface area contributed by atoms with Crippen molar-refractivity contribution in [2.75, 3.05) is 18.1 Å². The monoisotopic (exact) mass is 298 g/mol. The van der Waals surface area contributed by atoms with Gasteiger partial charge in [-0.1, -0.05) is 49.5 Å². The van der Waals surface area contributed by atoms with Gasteiger partial charge in [-0.05, 0) is 5.56 Å². The summed E-state index contributed by atoms with van der Waals surface area (Å²) >= 11 is 4.96. The van der Waals surface area contributed by atoms with Crippen molar-refractivity contribution in [3.05, 3.63) is 35.9 Å². The summed E-state index contributed by atoms with van der Waals surface area (Å²) in [5.41, 5.74) is 6.41. The van der Waals surface area contributed by atoms with Gasteiger partial charge in [0.15, 0.2) is 0 Å². The minimum Gasteiger partial charge on any atom is -0.392 e. The Morgan fingerprint density at radius 2 is 2.05 bits per heavy atom. The van der Waals surface area contributed by atoms with E-state index in [0.717, 1.165) is 5.56 Å². The van der Waals surface area contributed by atoms with Gasteiger partial charge in [0, 0.05) is 28.9 Å². The van der Waals surface area contributed by atoms with E-state index in [4.69, 9.17) is 18.0 Å². The van der Waals surface area contributed by atoms with Crippen molar-refractivity contribution >= 4 is 33.9 Å². The van der Waals surface area contributed by atoms with E-state index in [-0.39, 0.29) is 10.9 Å². The number of carbonyl (C=O) groups excluding carboxylic acids is 1. The standard InChI is InChI=1S/C13H18N2O2S2/c1-2-19(17)9-8-15-13(16)11(12(14)18)10-6-4-3-5-7-10/h3-7,11H,2,8-9H2,1H3,(H2,14,18)(H,15,16). The molecule has 0 bridgehead atoms. The summed E-state index contributed by atoms with van der Waals surface area (Å²) in [6.07, 6.45) is 0. The van der Waals surface area contributed by atoms with Crippen LogP contribution in [-0.4, -0.2) is 33.2 Å². The zero-order valence-electron chi connectivity index (χ0n) is 10.8. The second kappa shape index (κ2) is 8.01. The lowest BCUT2D eigenvalue weighted by Gasteiger charge is -2.15. The van der Waals surface area contributed by atoms with Crippen LogP contribution in [0.2, 0.25) is 0 Å². The summed E-state index contributed by atoms with van der Waals surface area (Å²) in [6, 6.07) is 9.16. The van der Waals surface area contributed by atoms with Crippen LogP contribution in [0.4, 0.5) is 0 Å². The molecule has 2 unspecified atom stereocenters. The molecular weight excluding hydrogens is 280 g/mol. The molecular formula is C13H18N2O2S2. The lowest BCUT2D eigenvalue weighted by Crippen LogP contribution is -2.37. The number of hydrogen-bond donors (Lipinski definition) is 2. The number of carbonyl (C=O) groups is 1. The van der Waals surface area contributed by atoms with Crippen molar-refractivity contribution in [1.82, 2.24) is 5.32 Å². The second-order valence-electron chi connectivity index (χ2n) is 3.97. The Labute approximate surface area is 121 Å². The van der Waals surface area contributed by atoms with Gasteiger partial charge in [0.1, 0.15) is 5.92 Å². The molecule has 0 aromatic heterocycles. The van der Waals surface area contributed by atoms with Gasteiger partial charge in [-0.15, -0.1) is 0 Å². The van der Waals surface area contributed by atoms with Crippen LogP contribution in [0.15, 0.2) is 30.3 Å². The predicted octanol–water partition coefficient (Wildman–Crippen LogP) is 0.941. The topological polar surface area (TPSA) is 72.2 Å². The fourth-order valence-electron chi connectivity index (χ4n) is 1.62. The van der Waals surface area contributed by atoms with E-state index >= 15 is 0 Å². The highest BCUT2D eigenvalue weighted by molar-refractivity contribution is 7.84. The summed E-state index contributed by atoms with van der Waals surface area (Å²) in [7, 11) is -0.891. The fraction of sp³-hybridized carbons (Fsp3) is 0.385. The number of nitrogens with two attached hydrogens (primary N) is 1. The van der Waals surface area contributed by atoms with E-state index in [1.165, 1.54) is 0 Å². The molecule has 0 heterocycles. The number of amides is 1. The minimum absolute atomic E-state index is 0.139. The zero-order chi connectivity index (χ0) is 14.3. The summed E-state index contributed by atoms with van der Waals surface area (Å²) in [6.45, 7) is 2.21. The van der Waals surface area contributed by atoms with E-state index in [1.54, 1.807) is 0 Å². The van der Waals surface area contributed by atoms with Gasteiger partial charge in [0.05, 0.1) is 4.99 Å². The van der Waals surface area contributed by atoms with Crippen LogP contribution >= 0.6 is 12.2 Å². The molecule has 0 saturated heterocycles. The Kier molecular flexibility index (Phi) is 6.66. The van der Waals surface area contributed by atoms with Gasteiger partial charge < -0.3 is 11.1 Å². The lowest BCUT2D eigenvalue weighted by molar-refractivity contribution is -0.120. The molecule has 4 nitrogen and oxygen atoms in total. The third-order valence-electron chi connectivity index (χ3n) is 2.63. The molecule has 0 saturated carbocycles. The van der Waals surface area contributed by atoms with Crippen LogP contribution in [0, 0.1) is 0 Å². The molecule has 6 heteroatoms. The normalized spacial score (nSPS) is 13.5. The molecule has 1 rings (SSSR count). The molecule has 0 radical (unpaired) electrons. The maximum absolute atomic E-state index is 12.1. The molecule has 3 N–H and O–H groups in total. The van der Waals surface area contributed by atoms with Crippen LogP contribution in [0.3, 0.4) is 0 Å². The number of nitrogens with one attached hydrogen (secondary N) is 1. The number of benzene rings is 1. The van der Waals surface area contributed by atoms with Crippen LogP contribution in [-0.2, 0) is 15.6 Å². The largest absolute Gasteiger partial charge is 0.392 e. The van der Waals surface area contributed by atoms with Crippen LogP contribution in [0.25, 0.3) is 0 Å². The maximum Gasteiger partial charge on any atom is 0.234 e. The van der Waals surface area contributed by atoms with E-state index < -0.39 is 16.7 Å². The van der Waals surface area contributed by atoms with Gasteiger partial charge in [-0.3, -0.25) is 9.00 Å². The Morgan fingerprint density at radius 1 is 1.42 bits per heavy atom. The molecule has 1 amide bonds. The Bertz CT molecular complexity index is 463. The summed E-state index contributed by atoms with van der Waals surface area (Å²) in [5.74, 6) is 0.159. The van der Waals surface area contributed by atoms with Crippen molar-refractivity contribution in [2.24, 2.45) is 5.73 Å². The third-order valence-corrected chi connectivity index (χ3v) is 4.17. The molecule has 0 spiro atoms. The van der Waals surface area contributed by atoms with Crippen molar-refractivity contribution < 1.29 is 9.00 Å². The summed E-state index contributed by atoms with van der Waals surface area (Å²) in [4.78, 5) is 12.2. The van der Waals surface area contributed by atoms with Gasteiger partial charge in [0.2, 0.25) is 5.91 Å². The number of hydrogen-bond acceptors (Lipinski definition) is 3. The molecule has 1 aromatic rings. The van der Waals surface area contributed by atoms with Crippen LogP contribution in [0.1, 0.15) is 18.4 Å². The maximum atomic E-state index is 12.1. The molecule has 2 atom stereocenters. The van der Waals surface area contributed by atoms with Crippen LogP contribution in [0.5, 0.6) is 0 Å². The fourth-order valence-corrected chi connectivity index (χ4v) is 2.49. The first-order valence-electron chi connectivity index (χ1n) is 6.03. The molecule has 0 aliphatic rings. The molecule has 0 aliphatic carbocycles. The first-order valence-corrected chi connectivity index (χ1v) is 7.92. The number of rotatable bonds is 7. The van der Waals surface area contributed by atoms with Crippen molar-refractivity contribution in [3.8, 4) is 0 Å². The molecule has 0 fully saturated rings. The van der Waals surface area contributed by atoms with E-state index in [1.807, 2.05) is 37.3 Å². The first kappa shape index (κ1) is 15.8. The average Bonchev–Trinajstić information content (AvgIpc) is 2.39. The smallest absolute Gasteiger partial charge is 0.234 e. The highest BCUT2D eigenvalue weighted by Gasteiger charge is 2.22. The van der Waals surface area contributed by atoms with Crippen molar-refractivity contribution in [3.63, 3.8) is 0 Å². The highest BCUT2D eigenvalue weighted by atomic mass is 32.2. The third kappa shape index (κ3) is 5.08. The molecule has 104 valence electrons. The van der Waals surface area contributed by atoms with Crippen molar-refractivity contribution in [1.29, 1.82) is 0 Å². The molecule has 0 aliphatic heterocycles. The number of thiocarbonyl (C=S) groups is 1. The minimum atomic E-state index is -0.891. The summed E-state index contributed by atoms with van der Waals surface area (Å²) < 4.78 is 11.3. The molecule has 1 aromatic carbocycles. The first-order chi connectivity index (χ1) is 9.06. The van der Waals surface area contributed by atoms with Gasteiger partial charge in [-0.25, -0.2) is 0 Å². The van der Waals surface area contributed by atoms with Crippen LogP contribution < -0.4 is 11.1 Å². The van der Waals surface area contributed by atoms with E-state index in [9.17, 15) is 9.00 Å². The summed E-state index contributed by atoms with van der Waals surface area (Å²) in [5, 5.41) is 2.73. The Morgan fingerprint density at radius 3 is 2.58 bits per heavy atom.